The molecule has 0 atom stereocenters. The van der Waals surface area contributed by atoms with E-state index in [1.165, 1.54) is 12.4 Å². The van der Waals surface area contributed by atoms with Crippen LogP contribution in [0.15, 0.2) is 71.9 Å². The third-order valence-corrected chi connectivity index (χ3v) is 5.84. The van der Waals surface area contributed by atoms with Crippen molar-refractivity contribution in [3.05, 3.63) is 83.2 Å². The third-order valence-electron chi connectivity index (χ3n) is 5.84. The fourth-order valence-electron chi connectivity index (χ4n) is 4.11. The lowest BCUT2D eigenvalue weighted by atomic mass is 10.1. The van der Waals surface area contributed by atoms with E-state index >= 15 is 0 Å². The summed E-state index contributed by atoms with van der Waals surface area (Å²) in [4.78, 5) is 38.7. The highest BCUT2D eigenvalue weighted by molar-refractivity contribution is 5.92. The van der Waals surface area contributed by atoms with Gasteiger partial charge in [-0.25, -0.2) is 14.8 Å². The molecule has 1 aliphatic heterocycles. The van der Waals surface area contributed by atoms with Gasteiger partial charge in [-0.15, -0.1) is 0 Å². The summed E-state index contributed by atoms with van der Waals surface area (Å²) >= 11 is 0. The number of hydrogen-bond acceptors (Lipinski definition) is 6. The van der Waals surface area contributed by atoms with Crippen LogP contribution in [0, 0.1) is 0 Å². The van der Waals surface area contributed by atoms with Gasteiger partial charge in [0.05, 0.1) is 11.1 Å². The zero-order valence-electron chi connectivity index (χ0n) is 20.5. The van der Waals surface area contributed by atoms with Crippen LogP contribution in [0.1, 0.15) is 32.9 Å². The van der Waals surface area contributed by atoms with E-state index in [9.17, 15) is 9.59 Å². The van der Waals surface area contributed by atoms with Crippen molar-refractivity contribution in [3.63, 3.8) is 0 Å². The fraction of sp³-hybridized carbons (Fsp3) is 0.259. The third kappa shape index (κ3) is 5.00. The monoisotopic (exact) mass is 484 g/mol. The van der Waals surface area contributed by atoms with Crippen molar-refractivity contribution in [2.75, 3.05) is 18.4 Å². The number of ether oxygens (including phenoxy) is 1. The minimum Gasteiger partial charge on any atom is -0.444 e. The molecule has 0 fully saturated rings. The fourth-order valence-corrected chi connectivity index (χ4v) is 4.11. The van der Waals surface area contributed by atoms with Gasteiger partial charge in [-0.3, -0.25) is 9.36 Å². The number of hydrogen-bond donors (Lipinski definition) is 2. The molecule has 4 heterocycles. The lowest BCUT2D eigenvalue weighted by molar-refractivity contribution is 0.0270. The first-order chi connectivity index (χ1) is 17.3. The van der Waals surface area contributed by atoms with Gasteiger partial charge < -0.3 is 19.9 Å². The molecule has 0 bridgehead atoms. The Morgan fingerprint density at radius 3 is 2.64 bits per heavy atom. The zero-order chi connectivity index (χ0) is 25.3. The van der Waals surface area contributed by atoms with Crippen LogP contribution in [0.4, 0.5) is 16.3 Å². The number of rotatable bonds is 4. The van der Waals surface area contributed by atoms with Gasteiger partial charge in [0.25, 0.3) is 5.56 Å². The van der Waals surface area contributed by atoms with Gasteiger partial charge in [0, 0.05) is 36.7 Å². The van der Waals surface area contributed by atoms with Crippen LogP contribution in [0.25, 0.3) is 22.3 Å². The van der Waals surface area contributed by atoms with Crippen molar-refractivity contribution < 1.29 is 9.53 Å². The van der Waals surface area contributed by atoms with Crippen molar-refractivity contribution in [2.45, 2.75) is 32.8 Å². The van der Waals surface area contributed by atoms with E-state index in [-0.39, 0.29) is 11.7 Å². The smallest absolute Gasteiger partial charge is 0.410 e. The number of pyridine rings is 1. The van der Waals surface area contributed by atoms with Crippen LogP contribution < -0.4 is 10.9 Å². The molecule has 5 rings (SSSR count). The van der Waals surface area contributed by atoms with E-state index in [4.69, 9.17) is 4.74 Å². The van der Waals surface area contributed by atoms with Crippen LogP contribution in [-0.4, -0.2) is 49.2 Å². The largest absolute Gasteiger partial charge is 0.444 e. The second kappa shape index (κ2) is 9.33. The summed E-state index contributed by atoms with van der Waals surface area (Å²) in [5.41, 5.74) is 3.62. The predicted molar refractivity (Wildman–Crippen MR) is 140 cm³/mol. The molecule has 4 aromatic rings. The Balaban J connectivity index is 1.38. The molecule has 1 aromatic carbocycles. The summed E-state index contributed by atoms with van der Waals surface area (Å²) in [6.07, 6.45) is 5.69. The summed E-state index contributed by atoms with van der Waals surface area (Å²) < 4.78 is 7.07. The summed E-state index contributed by atoms with van der Waals surface area (Å²) in [5, 5.41) is 4.16. The predicted octanol–water partition coefficient (Wildman–Crippen LogP) is 4.88. The van der Waals surface area contributed by atoms with Crippen molar-refractivity contribution in [1.29, 1.82) is 0 Å². The van der Waals surface area contributed by atoms with E-state index in [1.54, 1.807) is 21.7 Å². The first-order valence-corrected chi connectivity index (χ1v) is 11.8. The van der Waals surface area contributed by atoms with Crippen molar-refractivity contribution in [2.24, 2.45) is 0 Å². The van der Waals surface area contributed by atoms with Crippen molar-refractivity contribution in [3.8, 4) is 5.69 Å². The molecule has 0 saturated heterocycles. The standard InChI is InChI=1S/C27H28N6O3/c1-27(2,3)36-26(35)32-13-11-18(12-14-32)22-15-21-24(28-17-29-25(21)31-22)30-19-9-10-23(34)33(16-19)20-7-5-4-6-8-20/h4-11,15-17H,12-14H2,1-3H3,(H2,28,29,30,31). The molecule has 1 aliphatic rings. The number of nitrogens with one attached hydrogen (secondary N) is 2. The summed E-state index contributed by atoms with van der Waals surface area (Å²) in [7, 11) is 0. The maximum atomic E-state index is 12.4. The molecular weight excluding hydrogens is 456 g/mol. The quantitative estimate of drug-likeness (QED) is 0.428. The van der Waals surface area contributed by atoms with Gasteiger partial charge in [-0.2, -0.15) is 0 Å². The lowest BCUT2D eigenvalue weighted by Gasteiger charge is -2.29. The highest BCUT2D eigenvalue weighted by Crippen LogP contribution is 2.29. The van der Waals surface area contributed by atoms with Crippen LogP contribution in [0.2, 0.25) is 0 Å². The Morgan fingerprint density at radius 1 is 1.11 bits per heavy atom. The number of para-hydroxylation sites is 1. The Hall–Kier alpha value is -4.40. The van der Waals surface area contributed by atoms with E-state index in [0.717, 1.165) is 28.0 Å². The van der Waals surface area contributed by atoms with Gasteiger partial charge in [0.2, 0.25) is 0 Å². The minimum absolute atomic E-state index is 0.117. The van der Waals surface area contributed by atoms with Crippen molar-refractivity contribution >= 4 is 34.2 Å². The summed E-state index contributed by atoms with van der Waals surface area (Å²) in [6.45, 7) is 6.65. The number of fused-ring (bicyclic) bond motifs is 1. The van der Waals surface area contributed by atoms with Gasteiger partial charge in [0.1, 0.15) is 23.4 Å². The average molecular weight is 485 g/mol. The van der Waals surface area contributed by atoms with Crippen LogP contribution in [-0.2, 0) is 4.74 Å². The molecule has 36 heavy (non-hydrogen) atoms. The Morgan fingerprint density at radius 2 is 1.92 bits per heavy atom. The molecule has 3 aromatic heterocycles. The molecule has 2 N–H and O–H groups in total. The molecule has 0 unspecified atom stereocenters. The van der Waals surface area contributed by atoms with Crippen LogP contribution in [0.5, 0.6) is 0 Å². The molecule has 9 heteroatoms. The van der Waals surface area contributed by atoms with Gasteiger partial charge in [-0.05, 0) is 57.0 Å². The average Bonchev–Trinajstić information content (AvgIpc) is 3.30. The Kier molecular flexibility index (Phi) is 6.05. The van der Waals surface area contributed by atoms with Crippen LogP contribution >= 0.6 is 0 Å². The van der Waals surface area contributed by atoms with E-state index in [1.807, 2.05) is 63.2 Å². The normalized spacial score (nSPS) is 14.0. The second-order valence-corrected chi connectivity index (χ2v) is 9.66. The molecular formula is C27H28N6O3. The van der Waals surface area contributed by atoms with Crippen molar-refractivity contribution in [1.82, 2.24) is 24.4 Å². The van der Waals surface area contributed by atoms with E-state index in [2.05, 4.69) is 20.3 Å². The number of anilines is 2. The topological polar surface area (TPSA) is 105 Å². The Bertz CT molecular complexity index is 1500. The molecule has 0 saturated carbocycles. The zero-order valence-corrected chi connectivity index (χ0v) is 20.5. The molecule has 9 nitrogen and oxygen atoms in total. The SMILES string of the molecule is CC(C)(C)OC(=O)N1CC=C(c2cc3c(Nc4ccc(=O)n(-c5ccccc5)c4)ncnc3[nH]2)CC1. The number of carbonyl (C=O) groups excluding carboxylic acids is 1. The number of benzene rings is 1. The molecule has 0 radical (unpaired) electrons. The Labute approximate surface area is 208 Å². The first kappa shape index (κ1) is 23.3. The highest BCUT2D eigenvalue weighted by Gasteiger charge is 2.24. The van der Waals surface area contributed by atoms with Crippen LogP contribution in [0.3, 0.4) is 0 Å². The maximum Gasteiger partial charge on any atom is 0.410 e. The second-order valence-electron chi connectivity index (χ2n) is 9.66. The van der Waals surface area contributed by atoms with Gasteiger partial charge in [-0.1, -0.05) is 24.3 Å². The van der Waals surface area contributed by atoms with E-state index < -0.39 is 5.60 Å². The maximum absolute atomic E-state index is 12.4. The van der Waals surface area contributed by atoms with E-state index in [0.29, 0.717) is 31.0 Å². The first-order valence-electron chi connectivity index (χ1n) is 11.8. The number of H-pyrrole nitrogens is 1. The number of aromatic nitrogens is 4. The lowest BCUT2D eigenvalue weighted by Crippen LogP contribution is -2.39. The molecule has 1 amide bonds. The summed E-state index contributed by atoms with van der Waals surface area (Å²) in [6, 6.07) is 14.7. The van der Waals surface area contributed by atoms with Gasteiger partial charge >= 0.3 is 6.09 Å². The minimum atomic E-state index is -0.519. The molecule has 0 spiro atoms. The number of carbonyl (C=O) groups is 1. The number of nitrogens with zero attached hydrogens (tertiary/aromatic N) is 4. The van der Waals surface area contributed by atoms with Gasteiger partial charge in [0.15, 0.2) is 0 Å². The summed E-state index contributed by atoms with van der Waals surface area (Å²) in [5.74, 6) is 0.632. The molecule has 184 valence electrons. The highest BCUT2D eigenvalue weighted by atomic mass is 16.6. The number of amides is 1. The molecule has 0 aliphatic carbocycles. The number of aromatic amines is 1.